The van der Waals surface area contributed by atoms with Gasteiger partial charge in [0.1, 0.15) is 17.6 Å². The summed E-state index contributed by atoms with van der Waals surface area (Å²) in [5, 5.41) is 20.0. The zero-order valence-corrected chi connectivity index (χ0v) is 20.3. The highest BCUT2D eigenvalue weighted by Crippen LogP contribution is 2.35. The zero-order chi connectivity index (χ0) is 27.1. The van der Waals surface area contributed by atoms with Crippen LogP contribution in [0.3, 0.4) is 0 Å². The van der Waals surface area contributed by atoms with Crippen LogP contribution in [0.15, 0.2) is 48.9 Å². The first kappa shape index (κ1) is 24.4. The number of carbonyl (C=O) groups excluding carboxylic acids is 1. The molecule has 196 valence electrons. The number of pyridine rings is 3. The molecule has 13 heteroatoms. The van der Waals surface area contributed by atoms with Crippen molar-refractivity contribution in [3.8, 4) is 6.07 Å². The van der Waals surface area contributed by atoms with E-state index in [1.165, 1.54) is 16.9 Å². The Morgan fingerprint density at radius 2 is 1.87 bits per heavy atom. The predicted octanol–water partition coefficient (Wildman–Crippen LogP) is 4.05. The summed E-state index contributed by atoms with van der Waals surface area (Å²) in [6.07, 6.45) is 2.39. The van der Waals surface area contributed by atoms with Crippen LogP contribution in [0.1, 0.15) is 41.6 Å². The van der Waals surface area contributed by atoms with Crippen molar-refractivity contribution >= 4 is 34.7 Å². The summed E-state index contributed by atoms with van der Waals surface area (Å²) < 4.78 is 40.2. The lowest BCUT2D eigenvalue weighted by Crippen LogP contribution is -2.21. The summed E-state index contributed by atoms with van der Waals surface area (Å²) in [5.41, 5.74) is 2.04. The van der Waals surface area contributed by atoms with Crippen LogP contribution in [-0.2, 0) is 17.5 Å². The standard InChI is InChI=1S/C26H20F3N9O/c27-26(28,29)16-5-6-38-24(8-16)35-25(36-38)34-18-2-1-17(9-18)33-23-4-3-19(12-32-23)37-13-21-20(22(37)14-39)7-15(10-30)11-31-21/h3-8,11-12,17-18H,1-2,9,13H2,(H,32,33)(H,34,36)/t17-,18-/m0/s1. The van der Waals surface area contributed by atoms with Gasteiger partial charge in [0.05, 0.1) is 35.2 Å². The van der Waals surface area contributed by atoms with Crippen molar-refractivity contribution in [1.29, 1.82) is 5.26 Å². The Kier molecular flexibility index (Phi) is 5.89. The summed E-state index contributed by atoms with van der Waals surface area (Å²) >= 11 is 0. The molecule has 4 aromatic heterocycles. The van der Waals surface area contributed by atoms with Crippen LogP contribution in [0.2, 0.25) is 0 Å². The van der Waals surface area contributed by atoms with Crippen LogP contribution in [0.4, 0.5) is 30.6 Å². The maximum atomic E-state index is 13.0. The molecule has 0 unspecified atom stereocenters. The number of alkyl halides is 3. The molecule has 10 nitrogen and oxygen atoms in total. The molecule has 1 aliphatic carbocycles. The topological polar surface area (TPSA) is 124 Å². The van der Waals surface area contributed by atoms with E-state index in [0.29, 0.717) is 40.6 Å². The normalized spacial score (nSPS) is 18.6. The number of aromatic nitrogens is 5. The molecule has 0 amide bonds. The Hall–Kier alpha value is -4.95. The minimum atomic E-state index is -4.44. The first-order valence-corrected chi connectivity index (χ1v) is 12.2. The molecule has 6 rings (SSSR count). The summed E-state index contributed by atoms with van der Waals surface area (Å²) in [6, 6.07) is 9.48. The molecule has 0 aromatic carbocycles. The Balaban J connectivity index is 1.08. The maximum Gasteiger partial charge on any atom is 0.416 e. The summed E-state index contributed by atoms with van der Waals surface area (Å²) in [6.45, 7) is 0.380. The van der Waals surface area contributed by atoms with E-state index >= 15 is 0 Å². The van der Waals surface area contributed by atoms with Gasteiger partial charge >= 0.3 is 6.18 Å². The van der Waals surface area contributed by atoms with E-state index in [9.17, 15) is 18.0 Å². The fourth-order valence-electron chi connectivity index (χ4n) is 4.98. The van der Waals surface area contributed by atoms with Crippen LogP contribution in [0, 0.1) is 11.3 Å². The fraction of sp³-hybridized carbons (Fsp3) is 0.269. The first-order valence-electron chi connectivity index (χ1n) is 12.2. The van der Waals surface area contributed by atoms with Crippen LogP contribution in [0.5, 0.6) is 0 Å². The average molecular weight is 532 g/mol. The summed E-state index contributed by atoms with van der Waals surface area (Å²) in [4.78, 5) is 26.5. The van der Waals surface area contributed by atoms with Gasteiger partial charge in [-0.2, -0.15) is 23.4 Å². The number of anilines is 3. The van der Waals surface area contributed by atoms with E-state index in [4.69, 9.17) is 5.26 Å². The minimum Gasteiger partial charge on any atom is -0.367 e. The molecule has 0 bridgehead atoms. The molecule has 5 heterocycles. The van der Waals surface area contributed by atoms with Gasteiger partial charge in [-0.1, -0.05) is 0 Å². The van der Waals surface area contributed by atoms with Crippen LogP contribution in [-0.4, -0.2) is 42.6 Å². The van der Waals surface area contributed by atoms with Crippen LogP contribution >= 0.6 is 0 Å². The number of halogens is 3. The quantitative estimate of drug-likeness (QED) is 0.367. The molecule has 0 saturated heterocycles. The summed E-state index contributed by atoms with van der Waals surface area (Å²) in [5.74, 6) is 2.92. The smallest absolute Gasteiger partial charge is 0.367 e. The van der Waals surface area contributed by atoms with Gasteiger partial charge in [-0.05, 0) is 49.6 Å². The number of nitrogens with one attached hydrogen (secondary N) is 2. The third kappa shape index (κ3) is 4.73. The third-order valence-electron chi connectivity index (χ3n) is 6.87. The molecule has 1 fully saturated rings. The average Bonchev–Trinajstić information content (AvgIpc) is 3.64. The van der Waals surface area contributed by atoms with Gasteiger partial charge in [0, 0.05) is 30.0 Å². The molecule has 4 aromatic rings. The molecule has 2 aliphatic rings. The number of nitriles is 1. The van der Waals surface area contributed by atoms with E-state index in [0.717, 1.165) is 31.4 Å². The van der Waals surface area contributed by atoms with Gasteiger partial charge in [0.2, 0.25) is 5.95 Å². The number of fused-ring (bicyclic) bond motifs is 2. The Morgan fingerprint density at radius 1 is 1.05 bits per heavy atom. The molecule has 1 saturated carbocycles. The van der Waals surface area contributed by atoms with Crippen LogP contribution in [0.25, 0.3) is 11.3 Å². The molecule has 2 N–H and O–H groups in total. The molecule has 39 heavy (non-hydrogen) atoms. The van der Waals surface area contributed by atoms with E-state index in [2.05, 4.69) is 30.7 Å². The highest BCUT2D eigenvalue weighted by molar-refractivity contribution is 5.98. The van der Waals surface area contributed by atoms with E-state index in [1.54, 1.807) is 17.2 Å². The van der Waals surface area contributed by atoms with Crippen molar-refractivity contribution in [3.63, 3.8) is 0 Å². The van der Waals surface area contributed by atoms with Gasteiger partial charge in [0.25, 0.3) is 0 Å². The summed E-state index contributed by atoms with van der Waals surface area (Å²) in [7, 11) is 0. The highest BCUT2D eigenvalue weighted by atomic mass is 19.4. The number of hydrogen-bond acceptors (Lipinski definition) is 9. The lowest BCUT2D eigenvalue weighted by Gasteiger charge is -2.19. The van der Waals surface area contributed by atoms with Gasteiger partial charge in [-0.25, -0.2) is 14.3 Å². The predicted molar refractivity (Wildman–Crippen MR) is 135 cm³/mol. The number of hydrogen-bond donors (Lipinski definition) is 2. The van der Waals surface area contributed by atoms with Gasteiger partial charge < -0.3 is 15.5 Å². The van der Waals surface area contributed by atoms with Gasteiger partial charge in [0.15, 0.2) is 11.6 Å². The molecule has 0 spiro atoms. The zero-order valence-electron chi connectivity index (χ0n) is 20.3. The van der Waals surface area contributed by atoms with E-state index < -0.39 is 11.7 Å². The molecule has 2 atom stereocenters. The van der Waals surface area contributed by atoms with E-state index in [1.807, 2.05) is 24.1 Å². The van der Waals surface area contributed by atoms with Crippen molar-refractivity contribution in [2.75, 3.05) is 15.5 Å². The maximum absolute atomic E-state index is 13.0. The van der Waals surface area contributed by atoms with Crippen molar-refractivity contribution in [3.05, 3.63) is 71.3 Å². The first-order chi connectivity index (χ1) is 18.8. The van der Waals surface area contributed by atoms with Crippen molar-refractivity contribution < 1.29 is 18.0 Å². The minimum absolute atomic E-state index is 0.0514. The highest BCUT2D eigenvalue weighted by Gasteiger charge is 2.32. The number of rotatable bonds is 5. The Bertz CT molecular complexity index is 1650. The van der Waals surface area contributed by atoms with Gasteiger partial charge in [-0.15, -0.1) is 5.10 Å². The lowest BCUT2D eigenvalue weighted by molar-refractivity contribution is -0.137. The molecular weight excluding hydrogens is 511 g/mol. The van der Waals surface area contributed by atoms with Crippen molar-refractivity contribution in [2.45, 2.75) is 44.1 Å². The number of nitrogens with zero attached hydrogens (tertiary/aromatic N) is 7. The van der Waals surface area contributed by atoms with Crippen molar-refractivity contribution in [1.82, 2.24) is 24.6 Å². The molecular formula is C26H20F3N9O. The fourth-order valence-corrected chi connectivity index (χ4v) is 4.98. The monoisotopic (exact) mass is 531 g/mol. The second-order valence-electron chi connectivity index (χ2n) is 9.42. The van der Waals surface area contributed by atoms with Crippen molar-refractivity contribution in [2.24, 2.45) is 0 Å². The Morgan fingerprint density at radius 3 is 2.59 bits per heavy atom. The van der Waals surface area contributed by atoms with Gasteiger partial charge in [-0.3, -0.25) is 4.98 Å². The van der Waals surface area contributed by atoms with E-state index in [-0.39, 0.29) is 23.7 Å². The largest absolute Gasteiger partial charge is 0.416 e. The SMILES string of the molecule is N#Cc1cnc2c(c1)C(=C=O)N(c1ccc(N[C@H]3CC[C@H](Nc4nc5cc(C(F)(F)F)ccn5n4)C3)nc1)C2. The second kappa shape index (κ2) is 9.41. The molecule has 1 aliphatic heterocycles. The van der Waals surface area contributed by atoms with Crippen LogP contribution < -0.4 is 15.5 Å². The molecule has 0 radical (unpaired) electrons. The Labute approximate surface area is 219 Å². The lowest BCUT2D eigenvalue weighted by atomic mass is 10.1. The third-order valence-corrected chi connectivity index (χ3v) is 6.87. The second-order valence-corrected chi connectivity index (χ2v) is 9.42.